The minimum absolute atomic E-state index is 0.0619. The summed E-state index contributed by atoms with van der Waals surface area (Å²) in [6.45, 7) is 2.24. The van der Waals surface area contributed by atoms with E-state index in [-0.39, 0.29) is 12.4 Å². The number of hydrogen-bond donors (Lipinski definition) is 0. The van der Waals surface area contributed by atoms with Gasteiger partial charge in [0.2, 0.25) is 0 Å². The highest BCUT2D eigenvalue weighted by atomic mass is 35.5. The van der Waals surface area contributed by atoms with Crippen molar-refractivity contribution in [2.24, 2.45) is 7.05 Å². The summed E-state index contributed by atoms with van der Waals surface area (Å²) in [6, 6.07) is 14.8. The van der Waals surface area contributed by atoms with Gasteiger partial charge in [0.25, 0.3) is 0 Å². The molecular formula is C19H18ClN3O2S. The molecule has 0 N–H and O–H groups in total. The molecule has 1 heterocycles. The molecule has 2 aromatic carbocycles. The van der Waals surface area contributed by atoms with Crippen molar-refractivity contribution in [2.75, 3.05) is 5.75 Å². The first-order valence-corrected chi connectivity index (χ1v) is 9.39. The molecule has 0 spiro atoms. The molecule has 0 saturated carbocycles. The first-order chi connectivity index (χ1) is 12.5. The first kappa shape index (κ1) is 18.5. The molecule has 0 saturated heterocycles. The molecule has 1 aromatic heterocycles. The van der Waals surface area contributed by atoms with E-state index in [2.05, 4.69) is 10.2 Å². The van der Waals surface area contributed by atoms with E-state index >= 15 is 0 Å². The van der Waals surface area contributed by atoms with E-state index in [1.807, 2.05) is 54.9 Å². The number of hydrogen-bond acceptors (Lipinski definition) is 5. The Labute approximate surface area is 161 Å². The summed E-state index contributed by atoms with van der Waals surface area (Å²) >= 11 is 7.44. The Morgan fingerprint density at radius 1 is 1.15 bits per heavy atom. The molecule has 0 radical (unpaired) electrons. The van der Waals surface area contributed by atoms with Gasteiger partial charge in [-0.25, -0.2) is 0 Å². The maximum atomic E-state index is 12.3. The molecule has 0 amide bonds. The number of ketones is 1. The maximum Gasteiger partial charge on any atom is 0.191 e. The highest BCUT2D eigenvalue weighted by Gasteiger charge is 2.13. The molecule has 0 atom stereocenters. The fourth-order valence-corrected chi connectivity index (χ4v) is 3.27. The van der Waals surface area contributed by atoms with Crippen LogP contribution in [0.4, 0.5) is 0 Å². The molecule has 0 aliphatic rings. The van der Waals surface area contributed by atoms with Gasteiger partial charge in [-0.05, 0) is 19.1 Å². The Morgan fingerprint density at radius 2 is 1.88 bits per heavy atom. The summed E-state index contributed by atoms with van der Waals surface area (Å²) in [5.74, 6) is 1.63. The monoisotopic (exact) mass is 387 g/mol. The van der Waals surface area contributed by atoms with E-state index in [1.165, 1.54) is 11.8 Å². The summed E-state index contributed by atoms with van der Waals surface area (Å²) in [7, 11) is 1.85. The van der Waals surface area contributed by atoms with Crippen LogP contribution in [0.3, 0.4) is 0 Å². The molecule has 0 aliphatic heterocycles. The molecule has 0 unspecified atom stereocenters. The lowest BCUT2D eigenvalue weighted by molar-refractivity contribution is 0.102. The van der Waals surface area contributed by atoms with Crippen LogP contribution in [-0.4, -0.2) is 26.3 Å². The lowest BCUT2D eigenvalue weighted by atomic mass is 10.1. The van der Waals surface area contributed by atoms with E-state index in [0.29, 0.717) is 33.1 Å². The van der Waals surface area contributed by atoms with Crippen LogP contribution in [0.25, 0.3) is 0 Å². The van der Waals surface area contributed by atoms with Crippen LogP contribution < -0.4 is 4.74 Å². The van der Waals surface area contributed by atoms with E-state index in [0.717, 1.165) is 5.56 Å². The van der Waals surface area contributed by atoms with Crippen LogP contribution in [0.5, 0.6) is 5.75 Å². The van der Waals surface area contributed by atoms with E-state index in [4.69, 9.17) is 16.3 Å². The van der Waals surface area contributed by atoms with Gasteiger partial charge in [-0.3, -0.25) is 4.79 Å². The number of nitrogens with zero attached hydrogens (tertiary/aromatic N) is 3. The lowest BCUT2D eigenvalue weighted by Gasteiger charge is -2.07. The van der Waals surface area contributed by atoms with Crippen molar-refractivity contribution in [1.82, 2.24) is 14.8 Å². The molecule has 26 heavy (non-hydrogen) atoms. The number of thioether (sulfide) groups is 1. The minimum atomic E-state index is 0.0619. The molecule has 3 aromatic rings. The molecule has 5 nitrogen and oxygen atoms in total. The number of aryl methyl sites for hydroxylation is 1. The van der Waals surface area contributed by atoms with Crippen LogP contribution in [0.1, 0.15) is 21.7 Å². The fourth-order valence-electron chi connectivity index (χ4n) is 2.25. The average Bonchev–Trinajstić information content (AvgIpc) is 2.99. The number of carbonyl (C=O) groups excluding carboxylic acids is 1. The van der Waals surface area contributed by atoms with Crippen LogP contribution in [-0.2, 0) is 13.7 Å². The molecule has 0 fully saturated rings. The highest BCUT2D eigenvalue weighted by Crippen LogP contribution is 2.24. The van der Waals surface area contributed by atoms with Crippen molar-refractivity contribution in [1.29, 1.82) is 0 Å². The summed E-state index contributed by atoms with van der Waals surface area (Å²) in [5.41, 5.74) is 1.83. The summed E-state index contributed by atoms with van der Waals surface area (Å²) in [5, 5.41) is 9.50. The summed E-state index contributed by atoms with van der Waals surface area (Å²) in [4.78, 5) is 12.3. The molecular weight excluding hydrogens is 370 g/mol. The quantitative estimate of drug-likeness (QED) is 0.446. The predicted molar refractivity (Wildman–Crippen MR) is 103 cm³/mol. The average molecular weight is 388 g/mol. The van der Waals surface area contributed by atoms with Gasteiger partial charge in [-0.15, -0.1) is 10.2 Å². The number of ether oxygens (including phenoxy) is 1. The highest BCUT2D eigenvalue weighted by molar-refractivity contribution is 7.99. The third-order valence-corrected chi connectivity index (χ3v) is 5.16. The van der Waals surface area contributed by atoms with Gasteiger partial charge in [0, 0.05) is 12.6 Å². The number of Topliss-reactive ketones (excluding diaryl/α,β-unsaturated/α-hetero) is 1. The van der Waals surface area contributed by atoms with Gasteiger partial charge >= 0.3 is 0 Å². The van der Waals surface area contributed by atoms with Gasteiger partial charge in [-0.2, -0.15) is 0 Å². The smallest absolute Gasteiger partial charge is 0.191 e. The standard InChI is InChI=1S/C19H18ClN3O2S/c1-13-7-9-14(10-8-13)16(24)12-26-19-22-21-18(23(19)2)11-25-17-6-4-3-5-15(17)20/h3-10H,11-12H2,1-2H3. The Morgan fingerprint density at radius 3 is 2.62 bits per heavy atom. The van der Waals surface area contributed by atoms with Crippen molar-refractivity contribution < 1.29 is 9.53 Å². The fraction of sp³-hybridized carbons (Fsp3) is 0.211. The van der Waals surface area contributed by atoms with Crippen molar-refractivity contribution in [2.45, 2.75) is 18.7 Å². The second-order valence-corrected chi connectivity index (χ2v) is 7.10. The largest absolute Gasteiger partial charge is 0.484 e. The summed E-state index contributed by atoms with van der Waals surface area (Å²) in [6.07, 6.45) is 0. The van der Waals surface area contributed by atoms with E-state index in [9.17, 15) is 4.79 Å². The Bertz CT molecular complexity index is 909. The topological polar surface area (TPSA) is 57.0 Å². The number of halogens is 1. The molecule has 7 heteroatoms. The van der Waals surface area contributed by atoms with Crippen LogP contribution >= 0.6 is 23.4 Å². The molecule has 3 rings (SSSR count). The van der Waals surface area contributed by atoms with Gasteiger partial charge in [-0.1, -0.05) is 65.3 Å². The normalized spacial score (nSPS) is 10.7. The van der Waals surface area contributed by atoms with Crippen molar-refractivity contribution in [3.8, 4) is 5.75 Å². The number of benzene rings is 2. The first-order valence-electron chi connectivity index (χ1n) is 8.03. The molecule has 0 bridgehead atoms. The third kappa shape index (κ3) is 4.45. The zero-order valence-corrected chi connectivity index (χ0v) is 16.0. The zero-order chi connectivity index (χ0) is 18.5. The third-order valence-electron chi connectivity index (χ3n) is 3.82. The van der Waals surface area contributed by atoms with Crippen LogP contribution in [0.15, 0.2) is 53.7 Å². The van der Waals surface area contributed by atoms with Crippen molar-refractivity contribution in [3.63, 3.8) is 0 Å². The van der Waals surface area contributed by atoms with Gasteiger partial charge in [0.15, 0.2) is 16.8 Å². The van der Waals surface area contributed by atoms with E-state index < -0.39 is 0 Å². The van der Waals surface area contributed by atoms with Crippen molar-refractivity contribution in [3.05, 3.63) is 70.5 Å². The Balaban J connectivity index is 1.59. The lowest BCUT2D eigenvalue weighted by Crippen LogP contribution is -2.06. The maximum absolute atomic E-state index is 12.3. The van der Waals surface area contributed by atoms with Crippen molar-refractivity contribution >= 4 is 29.1 Å². The number of carbonyl (C=O) groups is 1. The Hall–Kier alpha value is -2.31. The van der Waals surface area contributed by atoms with Gasteiger partial charge in [0.1, 0.15) is 12.4 Å². The molecule has 134 valence electrons. The predicted octanol–water partition coefficient (Wildman–Crippen LogP) is 4.33. The second-order valence-electron chi connectivity index (χ2n) is 5.75. The minimum Gasteiger partial charge on any atom is -0.484 e. The SMILES string of the molecule is Cc1ccc(C(=O)CSc2nnc(COc3ccccc3Cl)n2C)cc1. The molecule has 0 aliphatic carbocycles. The summed E-state index contributed by atoms with van der Waals surface area (Å²) < 4.78 is 7.51. The number of para-hydroxylation sites is 1. The van der Waals surface area contributed by atoms with Crippen LogP contribution in [0, 0.1) is 6.92 Å². The second kappa shape index (κ2) is 8.38. The number of rotatable bonds is 7. The van der Waals surface area contributed by atoms with Crippen LogP contribution in [0.2, 0.25) is 5.02 Å². The van der Waals surface area contributed by atoms with Gasteiger partial charge in [0.05, 0.1) is 10.8 Å². The Kier molecular flexibility index (Phi) is 5.96. The zero-order valence-electron chi connectivity index (χ0n) is 14.5. The van der Waals surface area contributed by atoms with E-state index in [1.54, 1.807) is 12.1 Å². The van der Waals surface area contributed by atoms with Gasteiger partial charge < -0.3 is 9.30 Å². The number of aromatic nitrogens is 3.